The van der Waals surface area contributed by atoms with Crippen LogP contribution in [-0.4, -0.2) is 0 Å². The first-order chi connectivity index (χ1) is 12.3. The van der Waals surface area contributed by atoms with Crippen LogP contribution < -0.4 is 10.4 Å². The fourth-order valence-corrected chi connectivity index (χ4v) is 2.25. The molecule has 0 bridgehead atoms. The first-order valence-electron chi connectivity index (χ1n) is 6.66. The molecule has 8 heteroatoms. The van der Waals surface area contributed by atoms with Crippen LogP contribution >= 0.6 is 0 Å². The van der Waals surface area contributed by atoms with Gasteiger partial charge in [0.1, 0.15) is 17.7 Å². The Kier molecular flexibility index (Phi) is 4.74. The number of hydrogen-bond donors (Lipinski definition) is 0. The molecule has 0 aliphatic carbocycles. The average Bonchev–Trinajstić information content (AvgIpc) is 2.64. The van der Waals surface area contributed by atoms with E-state index in [1.807, 2.05) is 0 Å². The normalized spacial score (nSPS) is 10.9. The van der Waals surface area contributed by atoms with E-state index in [2.05, 4.69) is 6.58 Å². The molecule has 0 radical (unpaired) electrons. The Labute approximate surface area is 144 Å². The van der Waals surface area contributed by atoms with Crippen LogP contribution in [0, 0.1) is 68.6 Å². The van der Waals surface area contributed by atoms with Gasteiger partial charge >= 0.3 is 0 Å². The second-order valence-electron chi connectivity index (χ2n) is 4.88. The summed E-state index contributed by atoms with van der Waals surface area (Å²) in [4.78, 5) is 0. The predicted molar refractivity (Wildman–Crippen MR) is 79.8 cm³/mol. The number of rotatable bonds is 1. The van der Waals surface area contributed by atoms with E-state index in [-0.39, 0.29) is 16.3 Å². The largest absolute Gasteiger partial charge is 0.203 e. The van der Waals surface area contributed by atoms with Crippen LogP contribution in [0.2, 0.25) is 0 Å². The van der Waals surface area contributed by atoms with Gasteiger partial charge in [0.25, 0.3) is 0 Å². The molecule has 0 amide bonds. The van der Waals surface area contributed by atoms with Crippen LogP contribution in [0.15, 0.2) is 12.1 Å². The van der Waals surface area contributed by atoms with Gasteiger partial charge in [0.2, 0.25) is 0 Å². The molecule has 0 aliphatic heterocycles. The average molecular weight is 352 g/mol. The summed E-state index contributed by atoms with van der Waals surface area (Å²) in [5.41, 5.74) is -4.15. The van der Waals surface area contributed by atoms with Crippen molar-refractivity contribution in [1.82, 2.24) is 0 Å². The summed E-state index contributed by atoms with van der Waals surface area (Å²) in [6.45, 7) is 3.52. The molecule has 2 aromatic carbocycles. The summed E-state index contributed by atoms with van der Waals surface area (Å²) in [7, 11) is 0. The molecule has 0 aliphatic rings. The third-order valence-corrected chi connectivity index (χ3v) is 3.49. The zero-order valence-corrected chi connectivity index (χ0v) is 12.7. The van der Waals surface area contributed by atoms with Crippen LogP contribution in [0.3, 0.4) is 0 Å². The van der Waals surface area contributed by atoms with E-state index >= 15 is 0 Å². The van der Waals surface area contributed by atoms with E-state index in [0.29, 0.717) is 0 Å². The Morgan fingerprint density at radius 3 is 1.73 bits per heavy atom. The lowest BCUT2D eigenvalue weighted by molar-refractivity contribution is 0.447. The van der Waals surface area contributed by atoms with Crippen LogP contribution in [0.5, 0.6) is 0 Å². The van der Waals surface area contributed by atoms with Gasteiger partial charge in [-0.3, -0.25) is 0 Å². The van der Waals surface area contributed by atoms with Gasteiger partial charge in [-0.05, 0) is 17.4 Å². The highest BCUT2D eigenvalue weighted by molar-refractivity contribution is 5.79. The van der Waals surface area contributed by atoms with Crippen molar-refractivity contribution in [2.45, 2.75) is 0 Å². The highest BCUT2D eigenvalue weighted by Crippen LogP contribution is 2.27. The van der Waals surface area contributed by atoms with Gasteiger partial charge in [-0.1, -0.05) is 6.58 Å². The second kappa shape index (κ2) is 6.77. The van der Waals surface area contributed by atoms with E-state index in [0.717, 1.165) is 18.2 Å². The minimum absolute atomic E-state index is 0.109. The maximum atomic E-state index is 14.2. The van der Waals surface area contributed by atoms with Gasteiger partial charge in [0, 0.05) is 5.22 Å². The number of nitriles is 4. The second-order valence-corrected chi connectivity index (χ2v) is 4.88. The molecule has 0 saturated carbocycles. The molecule has 2 rings (SSSR count). The monoisotopic (exact) mass is 352 g/mol. The lowest BCUT2D eigenvalue weighted by atomic mass is 9.96. The highest BCUT2D eigenvalue weighted by Gasteiger charge is 2.28. The molecule has 124 valence electrons. The third-order valence-electron chi connectivity index (χ3n) is 3.49. The molecule has 0 heterocycles. The summed E-state index contributed by atoms with van der Waals surface area (Å²) in [5, 5.41) is 35.8. The Balaban J connectivity index is 3.17. The Morgan fingerprint density at radius 1 is 0.769 bits per heavy atom. The maximum Gasteiger partial charge on any atom is 0.180 e. The van der Waals surface area contributed by atoms with Crippen LogP contribution in [0.1, 0.15) is 22.3 Å². The summed E-state index contributed by atoms with van der Waals surface area (Å²) >= 11 is 0. The van der Waals surface area contributed by atoms with E-state index < -0.39 is 45.2 Å². The molecule has 0 spiro atoms. The Morgan fingerprint density at radius 2 is 1.31 bits per heavy atom. The first kappa shape index (κ1) is 18.2. The van der Waals surface area contributed by atoms with Gasteiger partial charge < -0.3 is 0 Å². The molecule has 0 aromatic heterocycles. The van der Waals surface area contributed by atoms with Crippen molar-refractivity contribution in [3.63, 3.8) is 0 Å². The van der Waals surface area contributed by atoms with Gasteiger partial charge in [0.05, 0.1) is 34.4 Å². The fourth-order valence-electron chi connectivity index (χ4n) is 2.25. The fraction of sp³-hybridized carbons (Fsp3) is 0. The molecule has 0 saturated heterocycles. The summed E-state index contributed by atoms with van der Waals surface area (Å²) < 4.78 is 56.2. The summed E-state index contributed by atoms with van der Waals surface area (Å²) in [5.74, 6) is -7.86. The van der Waals surface area contributed by atoms with Crippen LogP contribution in [0.4, 0.5) is 17.6 Å². The van der Waals surface area contributed by atoms with E-state index in [1.165, 1.54) is 6.07 Å². The summed E-state index contributed by atoms with van der Waals surface area (Å²) in [6, 6.07) is 7.82. The van der Waals surface area contributed by atoms with Crippen molar-refractivity contribution in [2.24, 2.45) is 0 Å². The van der Waals surface area contributed by atoms with Crippen molar-refractivity contribution in [1.29, 1.82) is 21.0 Å². The molecular weight excluding hydrogens is 348 g/mol. The van der Waals surface area contributed by atoms with Gasteiger partial charge in [0.15, 0.2) is 23.3 Å². The molecule has 26 heavy (non-hydrogen) atoms. The van der Waals surface area contributed by atoms with Crippen molar-refractivity contribution in [3.05, 3.63) is 68.1 Å². The molecule has 0 unspecified atom stereocenters. The van der Waals surface area contributed by atoms with Crippen LogP contribution in [0.25, 0.3) is 12.2 Å². The number of benzene rings is 2. The predicted octanol–water partition coefficient (Wildman–Crippen LogP) is 1.99. The van der Waals surface area contributed by atoms with Crippen LogP contribution in [-0.2, 0) is 0 Å². The zero-order chi connectivity index (χ0) is 19.6. The van der Waals surface area contributed by atoms with Crippen molar-refractivity contribution in [3.8, 4) is 24.3 Å². The SMILES string of the molecule is C=c1cc(C#N)/c(=C(/C#N)c2c(F)c(F)c(C#N)c(F)c2F)cc1C#N. The molecule has 4 nitrogen and oxygen atoms in total. The summed E-state index contributed by atoms with van der Waals surface area (Å²) in [6.07, 6.45) is 0. The van der Waals surface area contributed by atoms with Gasteiger partial charge in [-0.25, -0.2) is 17.6 Å². The Hall–Kier alpha value is -4.14. The first-order valence-corrected chi connectivity index (χ1v) is 6.66. The van der Waals surface area contributed by atoms with Gasteiger partial charge in [-0.2, -0.15) is 21.0 Å². The molecule has 2 aromatic rings. The van der Waals surface area contributed by atoms with Crippen molar-refractivity contribution in [2.75, 3.05) is 0 Å². The van der Waals surface area contributed by atoms with Gasteiger partial charge in [-0.15, -0.1) is 0 Å². The van der Waals surface area contributed by atoms with E-state index in [4.69, 9.17) is 15.8 Å². The molecule has 0 atom stereocenters. The van der Waals surface area contributed by atoms with E-state index in [9.17, 15) is 22.8 Å². The number of nitrogens with zero attached hydrogens (tertiary/aromatic N) is 4. The van der Waals surface area contributed by atoms with Crippen molar-refractivity contribution < 1.29 is 17.6 Å². The Bertz CT molecular complexity index is 1210. The topological polar surface area (TPSA) is 95.2 Å². The molecular formula is C18H4F4N4. The number of hydrogen-bond acceptors (Lipinski definition) is 4. The molecule has 0 N–H and O–H groups in total. The quantitative estimate of drug-likeness (QED) is 0.579. The smallest absolute Gasteiger partial charge is 0.180 e. The van der Waals surface area contributed by atoms with Crippen molar-refractivity contribution >= 4 is 12.2 Å². The standard InChI is InChI=1S/C18H4F4N4/c1-8-2-10(5-24)11(3-9(8)4-23)12(6-25)14-17(21)15(19)13(7-26)16(20)18(14)22/h2-3H,1H2/b12-11-. The lowest BCUT2D eigenvalue weighted by Gasteiger charge is -2.08. The van der Waals surface area contributed by atoms with E-state index in [1.54, 1.807) is 12.1 Å². The molecule has 0 fully saturated rings. The zero-order valence-electron chi connectivity index (χ0n) is 12.7. The minimum Gasteiger partial charge on any atom is -0.203 e. The highest BCUT2D eigenvalue weighted by atomic mass is 19.2. The number of halogens is 4. The minimum atomic E-state index is -1.97. The lowest BCUT2D eigenvalue weighted by Crippen LogP contribution is -2.20. The maximum absolute atomic E-state index is 14.2. The third kappa shape index (κ3) is 2.63.